The minimum absolute atomic E-state index is 0.137. The van der Waals surface area contributed by atoms with E-state index < -0.39 is 17.6 Å². The summed E-state index contributed by atoms with van der Waals surface area (Å²) >= 11 is 0. The second-order valence-corrected chi connectivity index (χ2v) is 3.76. The number of carboxylic acids is 1. The molecule has 2 rings (SSSR count). The lowest BCUT2D eigenvalue weighted by molar-refractivity contribution is -0.137. The maximum absolute atomic E-state index is 11.0. The topological polar surface area (TPSA) is 93.5 Å². The molecule has 17 heavy (non-hydrogen) atoms. The number of carboxylic acid groups (broad SMARTS) is 1. The SMILES string of the molecule is NC(CC(=O)O)c1ccc2oc(=O)ccc2c1. The molecule has 0 saturated carbocycles. The van der Waals surface area contributed by atoms with E-state index in [9.17, 15) is 9.59 Å². The van der Waals surface area contributed by atoms with Gasteiger partial charge in [-0.25, -0.2) is 4.79 Å². The lowest BCUT2D eigenvalue weighted by atomic mass is 10.0. The van der Waals surface area contributed by atoms with Crippen molar-refractivity contribution in [1.29, 1.82) is 0 Å². The predicted octanol–water partition coefficient (Wildman–Crippen LogP) is 1.27. The van der Waals surface area contributed by atoms with Gasteiger partial charge in [0.25, 0.3) is 0 Å². The van der Waals surface area contributed by atoms with Gasteiger partial charge in [0, 0.05) is 17.5 Å². The van der Waals surface area contributed by atoms with Gasteiger partial charge >= 0.3 is 11.6 Å². The molecule has 0 bridgehead atoms. The molecule has 0 radical (unpaired) electrons. The fourth-order valence-corrected chi connectivity index (χ4v) is 1.63. The molecule has 0 fully saturated rings. The van der Waals surface area contributed by atoms with Gasteiger partial charge in [0.15, 0.2) is 0 Å². The zero-order valence-corrected chi connectivity index (χ0v) is 8.92. The quantitative estimate of drug-likeness (QED) is 0.778. The van der Waals surface area contributed by atoms with E-state index in [0.29, 0.717) is 11.1 Å². The molecule has 3 N–H and O–H groups in total. The molecule has 5 nitrogen and oxygen atoms in total. The first-order valence-electron chi connectivity index (χ1n) is 5.07. The Bertz CT molecular complexity index is 617. The number of aliphatic carboxylic acids is 1. The van der Waals surface area contributed by atoms with Crippen molar-refractivity contribution in [2.24, 2.45) is 5.73 Å². The third kappa shape index (κ3) is 2.51. The molecule has 1 aromatic carbocycles. The largest absolute Gasteiger partial charge is 0.481 e. The number of nitrogens with two attached hydrogens (primary N) is 1. The number of hydrogen-bond donors (Lipinski definition) is 2. The Hall–Kier alpha value is -2.14. The third-order valence-corrected chi connectivity index (χ3v) is 2.47. The van der Waals surface area contributed by atoms with Crippen LogP contribution in [0.4, 0.5) is 0 Å². The summed E-state index contributed by atoms with van der Waals surface area (Å²) < 4.78 is 4.96. The number of carbonyl (C=O) groups is 1. The van der Waals surface area contributed by atoms with Gasteiger partial charge in [0.1, 0.15) is 5.58 Å². The van der Waals surface area contributed by atoms with Crippen molar-refractivity contribution in [3.8, 4) is 0 Å². The summed E-state index contributed by atoms with van der Waals surface area (Å²) in [6, 6.07) is 7.38. The summed E-state index contributed by atoms with van der Waals surface area (Å²) in [5.41, 5.74) is 6.49. The maximum Gasteiger partial charge on any atom is 0.336 e. The highest BCUT2D eigenvalue weighted by atomic mass is 16.4. The summed E-state index contributed by atoms with van der Waals surface area (Å²) in [5, 5.41) is 9.38. The predicted molar refractivity (Wildman–Crippen MR) is 61.7 cm³/mol. The molecule has 1 unspecified atom stereocenters. The van der Waals surface area contributed by atoms with Crippen LogP contribution in [0, 0.1) is 0 Å². The first-order chi connectivity index (χ1) is 8.06. The van der Waals surface area contributed by atoms with Crippen molar-refractivity contribution < 1.29 is 14.3 Å². The van der Waals surface area contributed by atoms with Gasteiger partial charge in [-0.1, -0.05) is 6.07 Å². The number of fused-ring (bicyclic) bond motifs is 1. The van der Waals surface area contributed by atoms with Crippen LogP contribution in [-0.4, -0.2) is 11.1 Å². The Morgan fingerprint density at radius 1 is 1.35 bits per heavy atom. The van der Waals surface area contributed by atoms with Crippen LogP contribution < -0.4 is 11.4 Å². The average Bonchev–Trinajstić information content (AvgIpc) is 2.27. The van der Waals surface area contributed by atoms with Gasteiger partial charge < -0.3 is 15.3 Å². The van der Waals surface area contributed by atoms with E-state index in [1.807, 2.05) is 0 Å². The van der Waals surface area contributed by atoms with E-state index in [2.05, 4.69) is 0 Å². The second kappa shape index (κ2) is 4.39. The van der Waals surface area contributed by atoms with Crippen molar-refractivity contribution >= 4 is 16.9 Å². The monoisotopic (exact) mass is 233 g/mol. The second-order valence-electron chi connectivity index (χ2n) is 3.76. The minimum Gasteiger partial charge on any atom is -0.481 e. The number of hydrogen-bond acceptors (Lipinski definition) is 4. The molecule has 1 aromatic heterocycles. The minimum atomic E-state index is -0.947. The first-order valence-corrected chi connectivity index (χ1v) is 5.07. The standard InChI is InChI=1S/C12H11NO4/c13-9(6-11(14)15)7-1-3-10-8(5-7)2-4-12(16)17-10/h1-5,9H,6,13H2,(H,14,15). The Balaban J connectivity index is 2.41. The molecule has 1 heterocycles. The summed E-state index contributed by atoms with van der Waals surface area (Å²) in [6.07, 6.45) is -0.137. The van der Waals surface area contributed by atoms with E-state index in [4.69, 9.17) is 15.3 Å². The van der Waals surface area contributed by atoms with Crippen LogP contribution in [0.5, 0.6) is 0 Å². The Labute approximate surface area is 96.5 Å². The smallest absolute Gasteiger partial charge is 0.336 e. The van der Waals surface area contributed by atoms with Crippen LogP contribution in [0.1, 0.15) is 18.0 Å². The molecule has 5 heteroatoms. The highest BCUT2D eigenvalue weighted by Crippen LogP contribution is 2.19. The first kappa shape index (κ1) is 11.3. The van der Waals surface area contributed by atoms with Crippen LogP contribution in [0.25, 0.3) is 11.0 Å². The zero-order chi connectivity index (χ0) is 12.4. The Morgan fingerprint density at radius 3 is 2.82 bits per heavy atom. The van der Waals surface area contributed by atoms with Gasteiger partial charge in [-0.15, -0.1) is 0 Å². The molecule has 0 aliphatic carbocycles. The molecular weight excluding hydrogens is 222 g/mol. The van der Waals surface area contributed by atoms with Crippen LogP contribution in [0.2, 0.25) is 0 Å². The lowest BCUT2D eigenvalue weighted by Crippen LogP contribution is -2.14. The van der Waals surface area contributed by atoms with Crippen LogP contribution in [0.15, 0.2) is 39.5 Å². The van der Waals surface area contributed by atoms with E-state index in [1.165, 1.54) is 6.07 Å². The summed E-state index contributed by atoms with van der Waals surface area (Å²) in [4.78, 5) is 21.5. The van der Waals surface area contributed by atoms with E-state index in [-0.39, 0.29) is 6.42 Å². The van der Waals surface area contributed by atoms with Crippen molar-refractivity contribution in [2.75, 3.05) is 0 Å². The van der Waals surface area contributed by atoms with Crippen LogP contribution >= 0.6 is 0 Å². The summed E-state index contributed by atoms with van der Waals surface area (Å²) in [7, 11) is 0. The zero-order valence-electron chi connectivity index (χ0n) is 8.92. The molecule has 2 aromatic rings. The fraction of sp³-hybridized carbons (Fsp3) is 0.167. The molecule has 0 aliphatic heterocycles. The molecule has 0 spiro atoms. The molecule has 0 aliphatic rings. The highest BCUT2D eigenvalue weighted by Gasteiger charge is 2.11. The Kier molecular flexibility index (Phi) is 2.93. The lowest BCUT2D eigenvalue weighted by Gasteiger charge is -2.09. The third-order valence-electron chi connectivity index (χ3n) is 2.47. The van der Waals surface area contributed by atoms with Gasteiger partial charge in [0.05, 0.1) is 6.42 Å². The van der Waals surface area contributed by atoms with Crippen LogP contribution in [0.3, 0.4) is 0 Å². The van der Waals surface area contributed by atoms with E-state index in [1.54, 1.807) is 24.3 Å². The van der Waals surface area contributed by atoms with E-state index in [0.717, 1.165) is 5.39 Å². The molecule has 0 saturated heterocycles. The van der Waals surface area contributed by atoms with Gasteiger partial charge in [0.2, 0.25) is 0 Å². The highest BCUT2D eigenvalue weighted by molar-refractivity contribution is 5.77. The molecule has 88 valence electrons. The fourth-order valence-electron chi connectivity index (χ4n) is 1.63. The van der Waals surface area contributed by atoms with Crippen molar-refractivity contribution in [2.45, 2.75) is 12.5 Å². The van der Waals surface area contributed by atoms with Crippen molar-refractivity contribution in [3.63, 3.8) is 0 Å². The number of benzene rings is 1. The summed E-state index contributed by atoms with van der Waals surface area (Å²) in [5.74, 6) is -0.947. The normalized spacial score (nSPS) is 12.5. The molecule has 0 amide bonds. The molecular formula is C12H11NO4. The Morgan fingerprint density at radius 2 is 2.12 bits per heavy atom. The van der Waals surface area contributed by atoms with Gasteiger partial charge in [-0.3, -0.25) is 4.79 Å². The van der Waals surface area contributed by atoms with Crippen LogP contribution in [-0.2, 0) is 4.79 Å². The number of rotatable bonds is 3. The van der Waals surface area contributed by atoms with Gasteiger partial charge in [-0.05, 0) is 23.8 Å². The summed E-state index contributed by atoms with van der Waals surface area (Å²) in [6.45, 7) is 0. The van der Waals surface area contributed by atoms with Crippen molar-refractivity contribution in [1.82, 2.24) is 0 Å². The average molecular weight is 233 g/mol. The van der Waals surface area contributed by atoms with Crippen molar-refractivity contribution in [3.05, 3.63) is 46.3 Å². The van der Waals surface area contributed by atoms with Gasteiger partial charge in [-0.2, -0.15) is 0 Å². The van der Waals surface area contributed by atoms with E-state index >= 15 is 0 Å². The maximum atomic E-state index is 11.0. The molecule has 1 atom stereocenters.